The van der Waals surface area contributed by atoms with Gasteiger partial charge in [0.1, 0.15) is 5.15 Å². The Labute approximate surface area is 134 Å². The topological polar surface area (TPSA) is 54.9 Å². The van der Waals surface area contributed by atoms with Crippen LogP contribution >= 0.6 is 27.5 Å². The first-order chi connectivity index (χ1) is 9.89. The highest BCUT2D eigenvalue weighted by molar-refractivity contribution is 9.10. The van der Waals surface area contributed by atoms with Crippen molar-refractivity contribution >= 4 is 27.5 Å². The summed E-state index contributed by atoms with van der Waals surface area (Å²) in [7, 11) is 0. The first-order valence-electron chi connectivity index (χ1n) is 6.68. The molecule has 1 aromatic carbocycles. The van der Waals surface area contributed by atoms with E-state index in [1.54, 1.807) is 12.1 Å². The average molecular weight is 370 g/mol. The molecule has 1 N–H and O–H groups in total. The van der Waals surface area contributed by atoms with Crippen LogP contribution in [0.2, 0.25) is 5.15 Å². The van der Waals surface area contributed by atoms with Crippen molar-refractivity contribution in [2.24, 2.45) is 5.41 Å². The maximum Gasteiger partial charge on any atom is 0.329 e. The first kappa shape index (κ1) is 14.6. The SMILES string of the molecule is CC1(Cn2c(=O)[nH]c(Cl)c(-c3ccc(Br)cc3)c2=O)CC1. The highest BCUT2D eigenvalue weighted by atomic mass is 79.9. The van der Waals surface area contributed by atoms with E-state index >= 15 is 0 Å². The number of benzene rings is 1. The summed E-state index contributed by atoms with van der Waals surface area (Å²) in [4.78, 5) is 27.2. The third-order valence-corrected chi connectivity index (χ3v) is 4.73. The molecular weight excluding hydrogens is 356 g/mol. The summed E-state index contributed by atoms with van der Waals surface area (Å²) < 4.78 is 2.17. The quantitative estimate of drug-likeness (QED) is 0.843. The molecule has 0 unspecified atom stereocenters. The van der Waals surface area contributed by atoms with Crippen LogP contribution in [0.25, 0.3) is 11.1 Å². The molecule has 1 aliphatic rings. The van der Waals surface area contributed by atoms with Gasteiger partial charge in [-0.2, -0.15) is 0 Å². The molecule has 2 aromatic rings. The second-order valence-corrected chi connectivity index (χ2v) is 7.12. The third-order valence-electron chi connectivity index (χ3n) is 3.92. The summed E-state index contributed by atoms with van der Waals surface area (Å²) in [5.41, 5.74) is 0.312. The van der Waals surface area contributed by atoms with Crippen molar-refractivity contribution in [3.05, 3.63) is 54.7 Å². The predicted octanol–water partition coefficient (Wildman–Crippen LogP) is 3.42. The largest absolute Gasteiger partial charge is 0.329 e. The van der Waals surface area contributed by atoms with Crippen molar-refractivity contribution in [1.82, 2.24) is 9.55 Å². The minimum atomic E-state index is -0.445. The smallest absolute Gasteiger partial charge is 0.297 e. The summed E-state index contributed by atoms with van der Waals surface area (Å²) in [6, 6.07) is 7.27. The zero-order valence-electron chi connectivity index (χ0n) is 11.5. The van der Waals surface area contributed by atoms with Crippen LogP contribution in [0.3, 0.4) is 0 Å². The summed E-state index contributed by atoms with van der Waals surface area (Å²) in [6.45, 7) is 2.51. The van der Waals surface area contributed by atoms with Crippen molar-refractivity contribution in [3.63, 3.8) is 0 Å². The highest BCUT2D eigenvalue weighted by Crippen LogP contribution is 2.45. The molecule has 3 rings (SSSR count). The Morgan fingerprint density at radius 1 is 1.29 bits per heavy atom. The fraction of sp³-hybridized carbons (Fsp3) is 0.333. The molecule has 1 fully saturated rings. The van der Waals surface area contributed by atoms with Crippen LogP contribution < -0.4 is 11.2 Å². The normalized spacial score (nSPS) is 16.0. The van der Waals surface area contributed by atoms with Gasteiger partial charge >= 0.3 is 5.69 Å². The van der Waals surface area contributed by atoms with Gasteiger partial charge in [-0.1, -0.05) is 46.6 Å². The molecular formula is C15H14BrClN2O2. The van der Waals surface area contributed by atoms with E-state index in [1.807, 2.05) is 12.1 Å². The number of aromatic amines is 1. The van der Waals surface area contributed by atoms with Crippen molar-refractivity contribution in [2.45, 2.75) is 26.3 Å². The summed E-state index contributed by atoms with van der Waals surface area (Å²) in [6.07, 6.45) is 2.07. The lowest BCUT2D eigenvalue weighted by Crippen LogP contribution is -2.38. The number of nitrogens with zero attached hydrogens (tertiary/aromatic N) is 1. The molecule has 1 aromatic heterocycles. The number of halogens is 2. The minimum Gasteiger partial charge on any atom is -0.297 e. The van der Waals surface area contributed by atoms with Crippen LogP contribution in [0, 0.1) is 5.41 Å². The van der Waals surface area contributed by atoms with E-state index in [1.165, 1.54) is 4.57 Å². The van der Waals surface area contributed by atoms with Crippen molar-refractivity contribution in [2.75, 3.05) is 0 Å². The number of hydrogen-bond acceptors (Lipinski definition) is 2. The molecule has 21 heavy (non-hydrogen) atoms. The van der Waals surface area contributed by atoms with Crippen molar-refractivity contribution in [1.29, 1.82) is 0 Å². The van der Waals surface area contributed by atoms with Gasteiger partial charge in [-0.3, -0.25) is 14.3 Å². The first-order valence-corrected chi connectivity index (χ1v) is 7.85. The lowest BCUT2D eigenvalue weighted by Gasteiger charge is -2.12. The zero-order chi connectivity index (χ0) is 15.2. The Hall–Kier alpha value is -1.33. The average Bonchev–Trinajstić information content (AvgIpc) is 3.15. The summed E-state index contributed by atoms with van der Waals surface area (Å²) in [5.74, 6) is 0. The highest BCUT2D eigenvalue weighted by Gasteiger charge is 2.38. The Morgan fingerprint density at radius 3 is 2.48 bits per heavy atom. The Morgan fingerprint density at radius 2 is 1.90 bits per heavy atom. The van der Waals surface area contributed by atoms with E-state index in [0.717, 1.165) is 17.3 Å². The van der Waals surface area contributed by atoms with Crippen molar-refractivity contribution in [3.8, 4) is 11.1 Å². The molecule has 1 heterocycles. The molecule has 1 aliphatic carbocycles. The Balaban J connectivity index is 2.16. The second kappa shape index (κ2) is 5.14. The molecule has 0 spiro atoms. The summed E-state index contributed by atoms with van der Waals surface area (Å²) in [5, 5.41) is 0.0875. The Kier molecular flexibility index (Phi) is 3.58. The lowest BCUT2D eigenvalue weighted by molar-refractivity contribution is 0.441. The van der Waals surface area contributed by atoms with Gasteiger partial charge in [-0.05, 0) is 36.0 Å². The maximum atomic E-state index is 12.6. The van der Waals surface area contributed by atoms with Crippen LogP contribution in [-0.4, -0.2) is 9.55 Å². The van der Waals surface area contributed by atoms with E-state index in [9.17, 15) is 9.59 Å². The number of hydrogen-bond donors (Lipinski definition) is 1. The molecule has 4 nitrogen and oxygen atoms in total. The standard InChI is InChI=1S/C15H14BrClN2O2/c1-15(6-7-15)8-19-13(20)11(12(17)18-14(19)21)9-2-4-10(16)5-3-9/h2-5H,6-8H2,1H3,(H,18,21). The van der Waals surface area contributed by atoms with E-state index in [-0.39, 0.29) is 16.1 Å². The van der Waals surface area contributed by atoms with E-state index in [4.69, 9.17) is 11.6 Å². The van der Waals surface area contributed by atoms with Crippen molar-refractivity contribution < 1.29 is 0 Å². The van der Waals surface area contributed by atoms with Gasteiger partial charge in [0, 0.05) is 11.0 Å². The van der Waals surface area contributed by atoms with Crippen LogP contribution in [0.1, 0.15) is 19.8 Å². The molecule has 1 saturated carbocycles. The minimum absolute atomic E-state index is 0.0572. The van der Waals surface area contributed by atoms with Gasteiger partial charge in [0.05, 0.1) is 5.56 Å². The molecule has 0 aliphatic heterocycles. The molecule has 0 atom stereocenters. The van der Waals surface area contributed by atoms with E-state index < -0.39 is 5.69 Å². The van der Waals surface area contributed by atoms with Crippen LogP contribution in [-0.2, 0) is 6.54 Å². The third kappa shape index (κ3) is 2.85. The Bertz CT molecular complexity index is 804. The van der Waals surface area contributed by atoms with Gasteiger partial charge in [0.15, 0.2) is 0 Å². The monoisotopic (exact) mass is 368 g/mol. The second-order valence-electron chi connectivity index (χ2n) is 5.83. The number of aromatic nitrogens is 2. The molecule has 110 valence electrons. The van der Waals surface area contributed by atoms with Gasteiger partial charge in [-0.25, -0.2) is 4.79 Å². The predicted molar refractivity (Wildman–Crippen MR) is 86.8 cm³/mol. The van der Waals surface area contributed by atoms with Crippen LogP contribution in [0.15, 0.2) is 38.3 Å². The summed E-state index contributed by atoms with van der Waals surface area (Å²) >= 11 is 9.44. The van der Waals surface area contributed by atoms with Crippen LogP contribution in [0.4, 0.5) is 0 Å². The molecule has 6 heteroatoms. The molecule has 0 bridgehead atoms. The molecule has 0 radical (unpaired) electrons. The van der Waals surface area contributed by atoms with Gasteiger partial charge in [-0.15, -0.1) is 0 Å². The number of nitrogens with one attached hydrogen (secondary N) is 1. The number of rotatable bonds is 3. The van der Waals surface area contributed by atoms with Gasteiger partial charge in [0.2, 0.25) is 0 Å². The lowest BCUT2D eigenvalue weighted by atomic mass is 10.1. The molecule has 0 amide bonds. The van der Waals surface area contributed by atoms with E-state index in [0.29, 0.717) is 17.7 Å². The van der Waals surface area contributed by atoms with Gasteiger partial charge < -0.3 is 0 Å². The number of H-pyrrole nitrogens is 1. The van der Waals surface area contributed by atoms with Crippen LogP contribution in [0.5, 0.6) is 0 Å². The van der Waals surface area contributed by atoms with E-state index in [2.05, 4.69) is 27.8 Å². The fourth-order valence-electron chi connectivity index (χ4n) is 2.31. The molecule has 0 saturated heterocycles. The fourth-order valence-corrected chi connectivity index (χ4v) is 2.84. The zero-order valence-corrected chi connectivity index (χ0v) is 13.8. The van der Waals surface area contributed by atoms with Gasteiger partial charge in [0.25, 0.3) is 5.56 Å². The maximum absolute atomic E-state index is 12.6.